The highest BCUT2D eigenvalue weighted by Gasteiger charge is 2.27. The molecule has 0 bridgehead atoms. The summed E-state index contributed by atoms with van der Waals surface area (Å²) in [7, 11) is -2.56. The van der Waals surface area contributed by atoms with Crippen LogP contribution in [-0.2, 0) is 14.8 Å². The topological polar surface area (TPSA) is 161 Å². The van der Waals surface area contributed by atoms with Gasteiger partial charge in [0.2, 0.25) is 10.0 Å². The third-order valence-corrected chi connectivity index (χ3v) is 8.05. The van der Waals surface area contributed by atoms with Crippen LogP contribution < -0.4 is 30.3 Å². The average Bonchev–Trinajstić information content (AvgIpc) is 2.95. The van der Waals surface area contributed by atoms with E-state index in [-0.39, 0.29) is 16.5 Å². The smallest absolute Gasteiger partial charge is 0.323 e. The minimum atomic E-state index is -4.08. The van der Waals surface area contributed by atoms with E-state index in [1.54, 1.807) is 24.3 Å². The molecule has 5 N–H and O–H groups in total. The minimum absolute atomic E-state index is 0.0685. The van der Waals surface area contributed by atoms with Crippen molar-refractivity contribution >= 4 is 33.5 Å². The van der Waals surface area contributed by atoms with Crippen molar-refractivity contribution in [3.63, 3.8) is 0 Å². The molecule has 1 saturated heterocycles. The molecule has 4 rings (SSSR count). The maximum atomic E-state index is 12.9. The monoisotopic (exact) mass is 558 g/mol. The van der Waals surface area contributed by atoms with E-state index in [2.05, 4.69) is 30.6 Å². The summed E-state index contributed by atoms with van der Waals surface area (Å²) in [6, 6.07) is 11.1. The maximum absolute atomic E-state index is 12.9. The van der Waals surface area contributed by atoms with E-state index >= 15 is 0 Å². The Morgan fingerprint density at radius 3 is 2.69 bits per heavy atom. The van der Waals surface area contributed by atoms with E-state index in [0.29, 0.717) is 5.75 Å². The normalized spacial score (nSPS) is 18.3. The highest BCUT2D eigenvalue weighted by molar-refractivity contribution is 7.89. The van der Waals surface area contributed by atoms with Gasteiger partial charge < -0.3 is 30.7 Å². The largest absolute Gasteiger partial charge is 0.495 e. The maximum Gasteiger partial charge on any atom is 0.323 e. The molecule has 2 aliphatic rings. The zero-order chi connectivity index (χ0) is 27.8. The van der Waals surface area contributed by atoms with Gasteiger partial charge in [0.15, 0.2) is 5.96 Å². The number of carboxylic acid groups (broad SMARTS) is 1. The lowest BCUT2D eigenvalue weighted by atomic mass is 10.0. The highest BCUT2D eigenvalue weighted by atomic mass is 32.2. The molecule has 2 atom stereocenters. The fraction of sp³-hybridized carbons (Fsp3) is 0.423. The fourth-order valence-electron chi connectivity index (χ4n) is 4.55. The number of carbonyl (C=O) groups is 2. The zero-order valence-corrected chi connectivity index (χ0v) is 22.5. The summed E-state index contributed by atoms with van der Waals surface area (Å²) >= 11 is 0. The van der Waals surface area contributed by atoms with Gasteiger partial charge in [-0.2, -0.15) is 4.72 Å². The number of nitrogens with zero attached hydrogens (tertiary/aromatic N) is 2. The number of hydrogen-bond acceptors (Lipinski definition) is 9. The Labute approximate surface area is 227 Å². The number of guanidine groups is 1. The lowest BCUT2D eigenvalue weighted by Gasteiger charge is -2.36. The first-order valence-electron chi connectivity index (χ1n) is 12.8. The van der Waals surface area contributed by atoms with Crippen molar-refractivity contribution in [3.05, 3.63) is 54.1 Å². The fourth-order valence-corrected chi connectivity index (χ4v) is 5.76. The van der Waals surface area contributed by atoms with Gasteiger partial charge >= 0.3 is 5.97 Å². The van der Waals surface area contributed by atoms with Crippen LogP contribution in [0, 0.1) is 0 Å². The van der Waals surface area contributed by atoms with Crippen molar-refractivity contribution in [1.82, 2.24) is 20.7 Å². The van der Waals surface area contributed by atoms with Gasteiger partial charge in [-0.25, -0.2) is 8.42 Å². The Morgan fingerprint density at radius 1 is 1.21 bits per heavy atom. The van der Waals surface area contributed by atoms with Crippen LogP contribution >= 0.6 is 0 Å². The molecule has 2 aromatic carbocycles. The molecule has 39 heavy (non-hydrogen) atoms. The van der Waals surface area contributed by atoms with E-state index < -0.39 is 34.5 Å². The first-order valence-corrected chi connectivity index (χ1v) is 14.3. The second-order valence-electron chi connectivity index (χ2n) is 9.36. The van der Waals surface area contributed by atoms with Crippen molar-refractivity contribution in [1.29, 1.82) is 0 Å². The third kappa shape index (κ3) is 7.39. The molecule has 12 nitrogen and oxygen atoms in total. The van der Waals surface area contributed by atoms with Crippen LogP contribution in [0.15, 0.2) is 58.4 Å². The van der Waals surface area contributed by atoms with E-state index in [4.69, 9.17) is 4.74 Å². The van der Waals surface area contributed by atoms with Crippen molar-refractivity contribution in [2.75, 3.05) is 44.7 Å². The Balaban J connectivity index is 1.39. The number of nitrogens with one attached hydrogen (secondary N) is 4. The van der Waals surface area contributed by atoms with Gasteiger partial charge in [0.05, 0.1) is 17.7 Å². The van der Waals surface area contributed by atoms with E-state index in [1.807, 2.05) is 0 Å². The Bertz CT molecular complexity index is 1300. The van der Waals surface area contributed by atoms with Crippen LogP contribution in [-0.4, -0.2) is 83.3 Å². The van der Waals surface area contributed by atoms with E-state index in [0.717, 1.165) is 57.1 Å². The number of carboxylic acids is 1. The molecular formula is C26H34N6O6S. The lowest BCUT2D eigenvalue weighted by molar-refractivity contribution is -0.138. The van der Waals surface area contributed by atoms with Crippen LogP contribution in [0.3, 0.4) is 0 Å². The van der Waals surface area contributed by atoms with Gasteiger partial charge in [-0.15, -0.1) is 0 Å². The van der Waals surface area contributed by atoms with Gasteiger partial charge in [0, 0.05) is 44.3 Å². The number of sulfonamides is 1. The van der Waals surface area contributed by atoms with Gasteiger partial charge in [-0.3, -0.25) is 14.6 Å². The number of rotatable bonds is 10. The standard InChI is InChI=1S/C26H34N6O6S/c1-38-23-15-18(10-11-22(23)32-14-5-7-19(17-32)30-26-27-12-6-13-28-26)24(33)29-16-21(25(34)35)31-39(36,37)20-8-3-2-4-9-20/h2-4,8-11,15,19,21,31H,5-7,12-14,16-17H2,1H3,(H,29,33)(H,34,35)(H2,27,28,30)/t19?,21-/m0/s1. The minimum Gasteiger partial charge on any atom is -0.495 e. The van der Waals surface area contributed by atoms with Gasteiger partial charge in [-0.1, -0.05) is 18.2 Å². The van der Waals surface area contributed by atoms with Gasteiger partial charge in [-0.05, 0) is 49.6 Å². The van der Waals surface area contributed by atoms with Crippen LogP contribution in [0.1, 0.15) is 29.6 Å². The second kappa shape index (κ2) is 12.8. The van der Waals surface area contributed by atoms with Crippen molar-refractivity contribution in [2.45, 2.75) is 36.2 Å². The number of carbonyl (C=O) groups excluding carboxylic acids is 1. The number of hydrogen-bond donors (Lipinski definition) is 5. The van der Waals surface area contributed by atoms with Gasteiger partial charge in [0.1, 0.15) is 11.8 Å². The predicted octanol–water partition coefficient (Wildman–Crippen LogP) is 0.764. The number of aliphatic carboxylic acids is 1. The number of benzene rings is 2. The molecule has 0 saturated carbocycles. The Morgan fingerprint density at radius 2 is 2.00 bits per heavy atom. The van der Waals surface area contributed by atoms with Crippen LogP contribution in [0.25, 0.3) is 0 Å². The first-order chi connectivity index (χ1) is 18.8. The van der Waals surface area contributed by atoms with Crippen molar-refractivity contribution < 1.29 is 27.9 Å². The molecule has 1 unspecified atom stereocenters. The molecular weight excluding hydrogens is 524 g/mol. The zero-order valence-electron chi connectivity index (χ0n) is 21.7. The molecule has 0 aliphatic carbocycles. The quantitative estimate of drug-likeness (QED) is 0.284. The van der Waals surface area contributed by atoms with E-state index in [1.165, 1.54) is 31.4 Å². The summed E-state index contributed by atoms with van der Waals surface area (Å²) in [5.74, 6) is -0.622. The molecule has 2 aromatic rings. The highest BCUT2D eigenvalue weighted by Crippen LogP contribution is 2.31. The number of methoxy groups -OCH3 is 1. The molecule has 13 heteroatoms. The number of anilines is 1. The predicted molar refractivity (Wildman–Crippen MR) is 147 cm³/mol. The number of piperidine rings is 1. The molecule has 1 amide bonds. The third-order valence-electron chi connectivity index (χ3n) is 6.56. The van der Waals surface area contributed by atoms with Crippen molar-refractivity contribution in [3.8, 4) is 5.75 Å². The molecule has 0 aromatic heterocycles. The number of ether oxygens (including phenoxy) is 1. The Hall–Kier alpha value is -3.84. The first kappa shape index (κ1) is 28.2. The number of amides is 1. The van der Waals surface area contributed by atoms with Gasteiger partial charge in [0.25, 0.3) is 5.91 Å². The van der Waals surface area contributed by atoms with E-state index in [9.17, 15) is 23.1 Å². The molecule has 0 spiro atoms. The van der Waals surface area contributed by atoms with Crippen LogP contribution in [0.4, 0.5) is 5.69 Å². The van der Waals surface area contributed by atoms with Crippen LogP contribution in [0.5, 0.6) is 5.75 Å². The molecule has 2 aliphatic heterocycles. The summed E-state index contributed by atoms with van der Waals surface area (Å²) in [6.45, 7) is 2.86. The van der Waals surface area contributed by atoms with Crippen LogP contribution in [0.2, 0.25) is 0 Å². The summed E-state index contributed by atoms with van der Waals surface area (Å²) < 4.78 is 32.8. The lowest BCUT2D eigenvalue weighted by Crippen LogP contribution is -2.52. The summed E-state index contributed by atoms with van der Waals surface area (Å²) in [6.07, 6.45) is 3.02. The molecule has 2 heterocycles. The average molecular weight is 559 g/mol. The molecule has 1 fully saturated rings. The summed E-state index contributed by atoms with van der Waals surface area (Å²) in [4.78, 5) is 31.2. The molecule has 210 valence electrons. The Kier molecular flexibility index (Phi) is 9.25. The summed E-state index contributed by atoms with van der Waals surface area (Å²) in [5.41, 5.74) is 1.11. The second-order valence-corrected chi connectivity index (χ2v) is 11.1. The SMILES string of the molecule is COc1cc(C(=O)NC[C@H](NS(=O)(=O)c2ccccc2)C(=O)O)ccc1N1CCCC(NC2=NCCCN2)C1. The molecule has 0 radical (unpaired) electrons. The van der Waals surface area contributed by atoms with Crippen molar-refractivity contribution in [2.24, 2.45) is 4.99 Å². The number of aliphatic imine (C=N–C) groups is 1. The summed E-state index contributed by atoms with van der Waals surface area (Å²) in [5, 5.41) is 18.8.